The van der Waals surface area contributed by atoms with Gasteiger partial charge in [0.25, 0.3) is 0 Å². The van der Waals surface area contributed by atoms with Crippen molar-refractivity contribution in [3.05, 3.63) is 46.7 Å². The minimum atomic E-state index is -0.703. The lowest BCUT2D eigenvalue weighted by atomic mass is 10.3. The highest BCUT2D eigenvalue weighted by molar-refractivity contribution is 7.09. The molecule has 0 aliphatic rings. The molecule has 0 unspecified atom stereocenters. The molecule has 2 rings (SSSR count). The highest BCUT2D eigenvalue weighted by Gasteiger charge is 2.08. The van der Waals surface area contributed by atoms with Crippen molar-refractivity contribution in [3.63, 3.8) is 0 Å². The molecule has 0 aliphatic heterocycles. The van der Waals surface area contributed by atoms with E-state index in [1.54, 1.807) is 17.4 Å². The van der Waals surface area contributed by atoms with E-state index in [0.29, 0.717) is 18.0 Å². The third-order valence-electron chi connectivity index (χ3n) is 2.70. The predicted octanol–water partition coefficient (Wildman–Crippen LogP) is 3.51. The van der Waals surface area contributed by atoms with Gasteiger partial charge in [-0.1, -0.05) is 29.8 Å². The molecule has 1 N–H and O–H groups in total. The molecule has 1 aromatic carbocycles. The highest BCUT2D eigenvalue weighted by Crippen LogP contribution is 2.24. The van der Waals surface area contributed by atoms with Crippen LogP contribution in [0.5, 0.6) is 5.75 Å². The third kappa shape index (κ3) is 4.75. The van der Waals surface area contributed by atoms with E-state index < -0.39 is 5.97 Å². The summed E-state index contributed by atoms with van der Waals surface area (Å²) in [6.07, 6.45) is 0.832. The summed E-state index contributed by atoms with van der Waals surface area (Å²) in [6.45, 7) is 0.549. The third-order valence-corrected chi connectivity index (χ3v) is 3.88. The maximum Gasteiger partial charge on any atom is 0.370 e. The zero-order valence-corrected chi connectivity index (χ0v) is 13.5. The average Bonchev–Trinajstić information content (AvgIpc) is 3.06. The van der Waals surface area contributed by atoms with Crippen molar-refractivity contribution in [2.24, 2.45) is 5.10 Å². The van der Waals surface area contributed by atoms with Crippen LogP contribution in [0.1, 0.15) is 4.88 Å². The number of methoxy groups -OCH3 is 1. The van der Waals surface area contributed by atoms with Crippen LogP contribution >= 0.6 is 22.9 Å². The Morgan fingerprint density at radius 3 is 2.86 bits per heavy atom. The Morgan fingerprint density at radius 1 is 1.32 bits per heavy atom. The summed E-state index contributed by atoms with van der Waals surface area (Å²) in [7, 11) is 1.24. The zero-order chi connectivity index (χ0) is 15.8. The van der Waals surface area contributed by atoms with Crippen LogP contribution in [0.3, 0.4) is 0 Å². The SMILES string of the molecule is COC(=O)/C(Cl)=N/Nc1ccccc1OCCc1cccs1. The van der Waals surface area contributed by atoms with Gasteiger partial charge in [0, 0.05) is 11.3 Å². The van der Waals surface area contributed by atoms with Gasteiger partial charge in [-0.15, -0.1) is 11.3 Å². The van der Waals surface area contributed by atoms with Crippen molar-refractivity contribution in [1.82, 2.24) is 0 Å². The summed E-state index contributed by atoms with van der Waals surface area (Å²) in [4.78, 5) is 12.4. The molecule has 0 amide bonds. The van der Waals surface area contributed by atoms with E-state index in [1.807, 2.05) is 29.6 Å². The molecule has 1 heterocycles. The Balaban J connectivity index is 1.96. The molecule has 0 aliphatic carbocycles. The largest absolute Gasteiger partial charge is 0.491 e. The first-order valence-corrected chi connectivity index (χ1v) is 7.78. The molecule has 0 saturated carbocycles. The molecular formula is C15H15ClN2O3S. The van der Waals surface area contributed by atoms with Gasteiger partial charge in [0.1, 0.15) is 5.75 Å². The molecule has 1 aromatic heterocycles. The Bertz CT molecular complexity index is 644. The molecule has 0 bridgehead atoms. The van der Waals surface area contributed by atoms with Crippen molar-refractivity contribution in [3.8, 4) is 5.75 Å². The van der Waals surface area contributed by atoms with Gasteiger partial charge in [-0.2, -0.15) is 5.10 Å². The number of nitrogens with one attached hydrogen (secondary N) is 1. The lowest BCUT2D eigenvalue weighted by Gasteiger charge is -2.10. The summed E-state index contributed by atoms with van der Waals surface area (Å²) in [5, 5.41) is 5.52. The summed E-state index contributed by atoms with van der Waals surface area (Å²) in [5.41, 5.74) is 3.33. The molecule has 0 radical (unpaired) electrons. The number of hydrogen-bond donors (Lipinski definition) is 1. The maximum atomic E-state index is 11.2. The van der Waals surface area contributed by atoms with Crippen LogP contribution in [0.25, 0.3) is 0 Å². The monoisotopic (exact) mass is 338 g/mol. The minimum absolute atomic E-state index is 0.282. The molecule has 116 valence electrons. The summed E-state index contributed by atoms with van der Waals surface area (Å²) in [5.74, 6) is -0.0672. The lowest BCUT2D eigenvalue weighted by Crippen LogP contribution is -2.11. The van der Waals surface area contributed by atoms with Crippen molar-refractivity contribution >= 4 is 39.8 Å². The van der Waals surface area contributed by atoms with Crippen molar-refractivity contribution in [2.75, 3.05) is 19.1 Å². The van der Waals surface area contributed by atoms with Crippen LogP contribution in [0, 0.1) is 0 Å². The number of carbonyl (C=O) groups is 1. The number of thiophene rings is 1. The molecule has 0 fully saturated rings. The number of hydrazone groups is 1. The summed E-state index contributed by atoms with van der Waals surface area (Å²) in [6, 6.07) is 11.4. The number of rotatable bonds is 7. The number of para-hydroxylation sites is 2. The number of anilines is 1. The molecule has 0 spiro atoms. The van der Waals surface area contributed by atoms with Gasteiger partial charge >= 0.3 is 5.97 Å². The van der Waals surface area contributed by atoms with Crippen LogP contribution in [0.4, 0.5) is 5.69 Å². The minimum Gasteiger partial charge on any atom is -0.491 e. The molecule has 0 atom stereocenters. The predicted molar refractivity (Wildman–Crippen MR) is 88.9 cm³/mol. The molecule has 0 saturated heterocycles. The van der Waals surface area contributed by atoms with Gasteiger partial charge in [0.2, 0.25) is 5.17 Å². The average molecular weight is 339 g/mol. The van der Waals surface area contributed by atoms with Crippen molar-refractivity contribution in [2.45, 2.75) is 6.42 Å². The van der Waals surface area contributed by atoms with E-state index in [0.717, 1.165) is 6.42 Å². The fraction of sp³-hybridized carbons (Fsp3) is 0.200. The second-order valence-corrected chi connectivity index (χ2v) is 5.57. The van der Waals surface area contributed by atoms with E-state index in [-0.39, 0.29) is 5.17 Å². The van der Waals surface area contributed by atoms with Gasteiger partial charge in [-0.3, -0.25) is 5.43 Å². The standard InChI is InChI=1S/C15H15ClN2O3S/c1-20-15(19)14(16)18-17-12-6-2-3-7-13(12)21-9-8-11-5-4-10-22-11/h2-7,10,17H,8-9H2,1H3/b18-14-. The fourth-order valence-electron chi connectivity index (χ4n) is 1.64. The smallest absolute Gasteiger partial charge is 0.370 e. The normalized spacial score (nSPS) is 11.1. The maximum absolute atomic E-state index is 11.2. The summed E-state index contributed by atoms with van der Waals surface area (Å²) >= 11 is 7.37. The van der Waals surface area contributed by atoms with Gasteiger partial charge in [-0.25, -0.2) is 4.79 Å². The number of halogens is 1. The first-order chi connectivity index (χ1) is 10.7. The number of carbonyl (C=O) groups excluding carboxylic acids is 1. The van der Waals surface area contributed by atoms with Crippen LogP contribution in [0.2, 0.25) is 0 Å². The van der Waals surface area contributed by atoms with Crippen LogP contribution in [-0.2, 0) is 16.0 Å². The van der Waals surface area contributed by atoms with Gasteiger partial charge in [0.05, 0.1) is 19.4 Å². The Hall–Kier alpha value is -2.05. The van der Waals surface area contributed by atoms with Crippen molar-refractivity contribution in [1.29, 1.82) is 0 Å². The topological polar surface area (TPSA) is 59.9 Å². The van der Waals surface area contributed by atoms with Crippen LogP contribution in [-0.4, -0.2) is 24.9 Å². The lowest BCUT2D eigenvalue weighted by molar-refractivity contribution is -0.132. The van der Waals surface area contributed by atoms with Crippen molar-refractivity contribution < 1.29 is 14.3 Å². The molecule has 7 heteroatoms. The fourth-order valence-corrected chi connectivity index (χ4v) is 2.45. The molecule has 5 nitrogen and oxygen atoms in total. The first kappa shape index (κ1) is 16.3. The number of hydrogen-bond acceptors (Lipinski definition) is 6. The first-order valence-electron chi connectivity index (χ1n) is 6.52. The zero-order valence-electron chi connectivity index (χ0n) is 11.9. The highest BCUT2D eigenvalue weighted by atomic mass is 35.5. The van der Waals surface area contributed by atoms with Crippen LogP contribution < -0.4 is 10.2 Å². The number of nitrogens with zero attached hydrogens (tertiary/aromatic N) is 1. The molecular weight excluding hydrogens is 324 g/mol. The van der Waals surface area contributed by atoms with Crippen LogP contribution in [0.15, 0.2) is 46.9 Å². The Kier molecular flexibility index (Phi) is 6.24. The van der Waals surface area contributed by atoms with Gasteiger partial charge < -0.3 is 9.47 Å². The molecule has 2 aromatic rings. The Morgan fingerprint density at radius 2 is 2.14 bits per heavy atom. The van der Waals surface area contributed by atoms with E-state index in [2.05, 4.69) is 21.3 Å². The van der Waals surface area contributed by atoms with E-state index in [1.165, 1.54) is 12.0 Å². The number of ether oxygens (including phenoxy) is 2. The second kappa shape index (κ2) is 8.41. The van der Waals surface area contributed by atoms with E-state index >= 15 is 0 Å². The van der Waals surface area contributed by atoms with E-state index in [4.69, 9.17) is 16.3 Å². The quantitative estimate of drug-likeness (QED) is 0.477. The van der Waals surface area contributed by atoms with Gasteiger partial charge in [0.15, 0.2) is 0 Å². The summed E-state index contributed by atoms with van der Waals surface area (Å²) < 4.78 is 10.2. The molecule has 22 heavy (non-hydrogen) atoms. The van der Waals surface area contributed by atoms with Gasteiger partial charge in [-0.05, 0) is 23.6 Å². The number of esters is 1. The number of benzene rings is 1. The Labute approximate surface area is 137 Å². The second-order valence-electron chi connectivity index (χ2n) is 4.18. The van der Waals surface area contributed by atoms with E-state index in [9.17, 15) is 4.79 Å².